The summed E-state index contributed by atoms with van der Waals surface area (Å²) in [6.45, 7) is 3.25. The molecule has 1 saturated heterocycles. The summed E-state index contributed by atoms with van der Waals surface area (Å²) in [5.74, 6) is 1.88. The number of carbonyl (C=O) groups excluding carboxylic acids is 1. The molecule has 0 saturated carbocycles. The highest BCUT2D eigenvalue weighted by Gasteiger charge is 2.29. The Labute approximate surface area is 140 Å². The smallest absolute Gasteiger partial charge is 0.318 e. The number of thioether (sulfide) groups is 1. The van der Waals surface area contributed by atoms with Crippen molar-refractivity contribution < 1.29 is 4.79 Å². The van der Waals surface area contributed by atoms with Crippen LogP contribution in [0.4, 0.5) is 4.79 Å². The van der Waals surface area contributed by atoms with Gasteiger partial charge in [0, 0.05) is 55.8 Å². The van der Waals surface area contributed by atoms with Gasteiger partial charge >= 0.3 is 6.03 Å². The standard InChI is InChI=1S/C16H21N5OS/c1-12-5-13(7-17-6-12)8-18-16(22)21-3-4-23-11-15(21)14-9-19-20(2)10-14/h5-7,9-10,15H,3-4,8,11H2,1-2H3,(H,18,22). The Hall–Kier alpha value is -2.02. The van der Waals surface area contributed by atoms with Crippen molar-refractivity contribution in [2.24, 2.45) is 7.05 Å². The van der Waals surface area contributed by atoms with Crippen molar-refractivity contribution in [3.8, 4) is 0 Å². The van der Waals surface area contributed by atoms with Crippen molar-refractivity contribution >= 4 is 17.8 Å². The van der Waals surface area contributed by atoms with Crippen molar-refractivity contribution in [3.05, 3.63) is 47.5 Å². The van der Waals surface area contributed by atoms with E-state index >= 15 is 0 Å². The fourth-order valence-electron chi connectivity index (χ4n) is 2.73. The van der Waals surface area contributed by atoms with Gasteiger partial charge in [-0.1, -0.05) is 6.07 Å². The zero-order valence-corrected chi connectivity index (χ0v) is 14.2. The summed E-state index contributed by atoms with van der Waals surface area (Å²) < 4.78 is 1.78. The van der Waals surface area contributed by atoms with Crippen molar-refractivity contribution in [2.45, 2.75) is 19.5 Å². The van der Waals surface area contributed by atoms with Crippen LogP contribution in [0.2, 0.25) is 0 Å². The Kier molecular flexibility index (Phi) is 4.85. The number of hydrogen-bond acceptors (Lipinski definition) is 4. The van der Waals surface area contributed by atoms with Gasteiger partial charge in [0.1, 0.15) is 0 Å². The third-order valence-corrected chi connectivity index (χ3v) is 4.90. The molecule has 1 atom stereocenters. The third-order valence-electron chi connectivity index (χ3n) is 3.87. The van der Waals surface area contributed by atoms with E-state index in [9.17, 15) is 4.79 Å². The summed E-state index contributed by atoms with van der Waals surface area (Å²) in [4.78, 5) is 18.7. The average molecular weight is 331 g/mol. The number of nitrogens with zero attached hydrogens (tertiary/aromatic N) is 4. The van der Waals surface area contributed by atoms with Gasteiger partial charge in [-0.25, -0.2) is 4.79 Å². The first kappa shape index (κ1) is 15.9. The zero-order chi connectivity index (χ0) is 16.2. The van der Waals surface area contributed by atoms with Crippen molar-refractivity contribution in [2.75, 3.05) is 18.1 Å². The molecular formula is C16H21N5OS. The van der Waals surface area contributed by atoms with E-state index in [1.807, 2.05) is 55.3 Å². The monoisotopic (exact) mass is 331 g/mol. The molecular weight excluding hydrogens is 310 g/mol. The summed E-state index contributed by atoms with van der Waals surface area (Å²) in [5.41, 5.74) is 3.20. The number of pyridine rings is 1. The highest BCUT2D eigenvalue weighted by molar-refractivity contribution is 7.99. The number of hydrogen-bond donors (Lipinski definition) is 1. The predicted octanol–water partition coefficient (Wildman–Crippen LogP) is 2.12. The third kappa shape index (κ3) is 3.85. The van der Waals surface area contributed by atoms with Gasteiger partial charge < -0.3 is 10.2 Å². The Morgan fingerprint density at radius 2 is 2.30 bits per heavy atom. The first-order valence-electron chi connectivity index (χ1n) is 7.65. The maximum Gasteiger partial charge on any atom is 0.318 e. The lowest BCUT2D eigenvalue weighted by Gasteiger charge is -2.34. The summed E-state index contributed by atoms with van der Waals surface area (Å²) in [6, 6.07) is 2.09. The molecule has 7 heteroatoms. The largest absolute Gasteiger partial charge is 0.334 e. The molecule has 23 heavy (non-hydrogen) atoms. The van der Waals surface area contributed by atoms with Crippen LogP contribution >= 0.6 is 11.8 Å². The maximum absolute atomic E-state index is 12.6. The molecule has 1 aliphatic rings. The lowest BCUT2D eigenvalue weighted by atomic mass is 10.1. The summed E-state index contributed by atoms with van der Waals surface area (Å²) >= 11 is 1.88. The van der Waals surface area contributed by atoms with Crippen LogP contribution < -0.4 is 5.32 Å². The van der Waals surface area contributed by atoms with E-state index in [1.165, 1.54) is 0 Å². The number of carbonyl (C=O) groups is 1. The Balaban J connectivity index is 1.66. The van der Waals surface area contributed by atoms with Crippen molar-refractivity contribution in [1.29, 1.82) is 0 Å². The molecule has 1 fully saturated rings. The van der Waals surface area contributed by atoms with Crippen LogP contribution in [0.5, 0.6) is 0 Å². The van der Waals surface area contributed by atoms with Gasteiger partial charge in [0.15, 0.2) is 0 Å². The summed E-state index contributed by atoms with van der Waals surface area (Å²) in [7, 11) is 1.90. The minimum atomic E-state index is -0.0272. The second kappa shape index (κ2) is 7.04. The molecule has 1 aliphatic heterocycles. The molecule has 1 unspecified atom stereocenters. The molecule has 2 aromatic heterocycles. The van der Waals surface area contributed by atoms with E-state index in [1.54, 1.807) is 10.9 Å². The molecule has 0 radical (unpaired) electrons. The molecule has 0 aliphatic carbocycles. The molecule has 0 aromatic carbocycles. The highest BCUT2D eigenvalue weighted by atomic mass is 32.2. The topological polar surface area (TPSA) is 63.1 Å². The Bertz CT molecular complexity index is 687. The van der Waals surface area contributed by atoms with Crippen LogP contribution in [0.3, 0.4) is 0 Å². The van der Waals surface area contributed by atoms with E-state index in [4.69, 9.17) is 0 Å². The summed E-state index contributed by atoms with van der Waals surface area (Å²) in [5, 5.41) is 7.24. The molecule has 3 heterocycles. The number of aryl methyl sites for hydroxylation is 2. The normalized spacial score (nSPS) is 18.0. The highest BCUT2D eigenvalue weighted by Crippen LogP contribution is 2.29. The Morgan fingerprint density at radius 3 is 3.04 bits per heavy atom. The fraction of sp³-hybridized carbons (Fsp3) is 0.438. The number of aromatic nitrogens is 3. The zero-order valence-electron chi connectivity index (χ0n) is 13.4. The van der Waals surface area contributed by atoms with Crippen LogP contribution in [0.15, 0.2) is 30.9 Å². The van der Waals surface area contributed by atoms with Crippen molar-refractivity contribution in [3.63, 3.8) is 0 Å². The molecule has 2 amide bonds. The first-order chi connectivity index (χ1) is 11.1. The van der Waals surface area contributed by atoms with E-state index in [0.29, 0.717) is 6.54 Å². The van der Waals surface area contributed by atoms with E-state index in [2.05, 4.69) is 15.4 Å². The lowest BCUT2D eigenvalue weighted by molar-refractivity contribution is 0.182. The quantitative estimate of drug-likeness (QED) is 0.936. The predicted molar refractivity (Wildman–Crippen MR) is 91.2 cm³/mol. The van der Waals surface area contributed by atoms with Gasteiger partial charge in [0.05, 0.1) is 12.2 Å². The van der Waals surface area contributed by atoms with Gasteiger partial charge in [0.2, 0.25) is 0 Å². The van der Waals surface area contributed by atoms with Gasteiger partial charge in [0.25, 0.3) is 0 Å². The average Bonchev–Trinajstić information content (AvgIpc) is 2.99. The first-order valence-corrected chi connectivity index (χ1v) is 8.80. The molecule has 2 aromatic rings. The van der Waals surface area contributed by atoms with Crippen LogP contribution in [-0.4, -0.2) is 43.7 Å². The number of nitrogens with one attached hydrogen (secondary N) is 1. The van der Waals surface area contributed by atoms with E-state index in [-0.39, 0.29) is 12.1 Å². The molecule has 1 N–H and O–H groups in total. The van der Waals surface area contributed by atoms with Gasteiger partial charge in [-0.05, 0) is 18.1 Å². The van der Waals surface area contributed by atoms with Crippen molar-refractivity contribution in [1.82, 2.24) is 25.0 Å². The van der Waals surface area contributed by atoms with Crippen LogP contribution in [0, 0.1) is 6.92 Å². The van der Waals surface area contributed by atoms with Crippen LogP contribution in [0.1, 0.15) is 22.7 Å². The molecule has 6 nitrogen and oxygen atoms in total. The SMILES string of the molecule is Cc1cncc(CNC(=O)N2CCSCC2c2cnn(C)c2)c1. The minimum absolute atomic E-state index is 0.0272. The van der Waals surface area contributed by atoms with E-state index in [0.717, 1.165) is 34.7 Å². The van der Waals surface area contributed by atoms with Crippen LogP contribution in [0.25, 0.3) is 0 Å². The van der Waals surface area contributed by atoms with Gasteiger partial charge in [-0.3, -0.25) is 9.67 Å². The fourth-order valence-corrected chi connectivity index (χ4v) is 3.82. The number of amides is 2. The number of rotatable bonds is 3. The van der Waals surface area contributed by atoms with Gasteiger partial charge in [-0.2, -0.15) is 16.9 Å². The molecule has 3 rings (SSSR count). The molecule has 0 bridgehead atoms. The minimum Gasteiger partial charge on any atom is -0.334 e. The Morgan fingerprint density at radius 1 is 1.43 bits per heavy atom. The maximum atomic E-state index is 12.6. The van der Waals surface area contributed by atoms with Crippen LogP contribution in [-0.2, 0) is 13.6 Å². The lowest BCUT2D eigenvalue weighted by Crippen LogP contribution is -2.46. The molecule has 0 spiro atoms. The van der Waals surface area contributed by atoms with Gasteiger partial charge in [-0.15, -0.1) is 0 Å². The second-order valence-electron chi connectivity index (χ2n) is 5.76. The molecule has 122 valence electrons. The van der Waals surface area contributed by atoms with E-state index < -0.39 is 0 Å². The second-order valence-corrected chi connectivity index (χ2v) is 6.91. The summed E-state index contributed by atoms with van der Waals surface area (Å²) in [6.07, 6.45) is 7.44. The number of urea groups is 1.